The summed E-state index contributed by atoms with van der Waals surface area (Å²) in [6.07, 6.45) is 0.573. The maximum Gasteiger partial charge on any atom is 0.272 e. The van der Waals surface area contributed by atoms with Gasteiger partial charge < -0.3 is 5.32 Å². The van der Waals surface area contributed by atoms with Crippen LogP contribution >= 0.6 is 11.5 Å². The Labute approximate surface area is 124 Å². The number of carbonyl (C=O) groups is 1. The molecule has 3 rings (SSSR count). The molecule has 0 bridgehead atoms. The molecule has 21 heavy (non-hydrogen) atoms. The lowest BCUT2D eigenvalue weighted by Gasteiger charge is -2.00. The summed E-state index contributed by atoms with van der Waals surface area (Å²) in [6, 6.07) is 9.72. The third-order valence-corrected chi connectivity index (χ3v) is 3.31. The first-order valence-corrected chi connectivity index (χ1v) is 7.18. The maximum absolute atomic E-state index is 11.7. The van der Waals surface area contributed by atoms with Crippen molar-refractivity contribution in [3.8, 4) is 11.4 Å². The lowest BCUT2D eigenvalue weighted by Crippen LogP contribution is -2.26. The minimum absolute atomic E-state index is 0.230. The summed E-state index contributed by atoms with van der Waals surface area (Å²) in [4.78, 5) is 16.1. The minimum atomic E-state index is -0.230. The zero-order valence-corrected chi connectivity index (χ0v) is 11.8. The van der Waals surface area contributed by atoms with E-state index < -0.39 is 0 Å². The summed E-state index contributed by atoms with van der Waals surface area (Å²) in [5.74, 6) is 1.15. The van der Waals surface area contributed by atoms with Gasteiger partial charge in [0.2, 0.25) is 0 Å². The van der Waals surface area contributed by atoms with Crippen LogP contribution in [-0.4, -0.2) is 37.2 Å². The predicted octanol–water partition coefficient (Wildman–Crippen LogP) is 1.30. The van der Waals surface area contributed by atoms with Crippen molar-refractivity contribution >= 4 is 17.4 Å². The number of nitrogens with zero attached hydrogens (tertiary/aromatic N) is 4. The van der Waals surface area contributed by atoms with Gasteiger partial charge >= 0.3 is 0 Å². The molecule has 0 aliphatic rings. The van der Waals surface area contributed by atoms with Crippen molar-refractivity contribution in [3.05, 3.63) is 47.2 Å². The van der Waals surface area contributed by atoms with Crippen molar-refractivity contribution in [1.82, 2.24) is 30.1 Å². The van der Waals surface area contributed by atoms with Crippen molar-refractivity contribution in [2.45, 2.75) is 6.42 Å². The van der Waals surface area contributed by atoms with E-state index in [1.54, 1.807) is 5.38 Å². The Morgan fingerprint density at radius 3 is 2.90 bits per heavy atom. The van der Waals surface area contributed by atoms with Crippen molar-refractivity contribution in [3.63, 3.8) is 0 Å². The molecule has 3 aromatic rings. The first kappa shape index (κ1) is 13.4. The van der Waals surface area contributed by atoms with Gasteiger partial charge in [0.25, 0.3) is 5.91 Å². The van der Waals surface area contributed by atoms with Crippen LogP contribution in [0.15, 0.2) is 35.7 Å². The van der Waals surface area contributed by atoms with Crippen LogP contribution in [-0.2, 0) is 6.42 Å². The van der Waals surface area contributed by atoms with E-state index in [-0.39, 0.29) is 5.91 Å². The van der Waals surface area contributed by atoms with Gasteiger partial charge in [-0.2, -0.15) is 5.10 Å². The first-order chi connectivity index (χ1) is 10.3. The molecule has 106 valence electrons. The molecule has 2 N–H and O–H groups in total. The maximum atomic E-state index is 11.7. The quantitative estimate of drug-likeness (QED) is 0.740. The second-order valence-electron chi connectivity index (χ2n) is 4.27. The van der Waals surface area contributed by atoms with Gasteiger partial charge in [0.1, 0.15) is 5.82 Å². The molecule has 0 aliphatic heterocycles. The number of hydrogen-bond donors (Lipinski definition) is 2. The molecule has 0 fully saturated rings. The normalized spacial score (nSPS) is 10.5. The summed E-state index contributed by atoms with van der Waals surface area (Å²) in [5.41, 5.74) is 1.29. The summed E-state index contributed by atoms with van der Waals surface area (Å²) in [6.45, 7) is 0.458. The predicted molar refractivity (Wildman–Crippen MR) is 77.8 cm³/mol. The third kappa shape index (κ3) is 3.29. The lowest BCUT2D eigenvalue weighted by molar-refractivity contribution is 0.0949. The molecule has 0 atom stereocenters. The van der Waals surface area contributed by atoms with Crippen molar-refractivity contribution in [2.24, 2.45) is 0 Å². The van der Waals surface area contributed by atoms with Gasteiger partial charge in [-0.1, -0.05) is 34.8 Å². The van der Waals surface area contributed by atoms with E-state index in [4.69, 9.17) is 0 Å². The Morgan fingerprint density at radius 1 is 1.29 bits per heavy atom. The average Bonchev–Trinajstić information content (AvgIpc) is 3.20. The van der Waals surface area contributed by atoms with Crippen LogP contribution in [0.1, 0.15) is 16.3 Å². The largest absolute Gasteiger partial charge is 0.350 e. The molecule has 2 heterocycles. The summed E-state index contributed by atoms with van der Waals surface area (Å²) >= 11 is 1.15. The highest BCUT2D eigenvalue weighted by molar-refractivity contribution is 7.03. The Balaban J connectivity index is 1.55. The molecule has 0 radical (unpaired) electrons. The highest BCUT2D eigenvalue weighted by atomic mass is 32.1. The van der Waals surface area contributed by atoms with Gasteiger partial charge in [0.05, 0.1) is 0 Å². The topological polar surface area (TPSA) is 96.5 Å². The van der Waals surface area contributed by atoms with Crippen LogP contribution in [0.3, 0.4) is 0 Å². The van der Waals surface area contributed by atoms with E-state index in [2.05, 4.69) is 30.1 Å². The van der Waals surface area contributed by atoms with Crippen molar-refractivity contribution in [2.75, 3.05) is 6.54 Å². The number of benzene rings is 1. The van der Waals surface area contributed by atoms with Crippen LogP contribution in [0.5, 0.6) is 0 Å². The van der Waals surface area contributed by atoms with E-state index in [1.807, 2.05) is 30.3 Å². The number of rotatable bonds is 5. The van der Waals surface area contributed by atoms with Gasteiger partial charge in [-0.3, -0.25) is 9.89 Å². The van der Waals surface area contributed by atoms with Crippen LogP contribution in [0.4, 0.5) is 0 Å². The first-order valence-electron chi connectivity index (χ1n) is 6.35. The fourth-order valence-electron chi connectivity index (χ4n) is 1.77. The Morgan fingerprint density at radius 2 is 2.14 bits per heavy atom. The minimum Gasteiger partial charge on any atom is -0.350 e. The van der Waals surface area contributed by atoms with Gasteiger partial charge in [-0.15, -0.1) is 5.10 Å². The van der Waals surface area contributed by atoms with Gasteiger partial charge in [0, 0.05) is 23.9 Å². The number of nitrogens with one attached hydrogen (secondary N) is 2. The number of H-pyrrole nitrogens is 1. The van der Waals surface area contributed by atoms with E-state index in [0.717, 1.165) is 22.9 Å². The molecule has 8 heteroatoms. The van der Waals surface area contributed by atoms with Crippen LogP contribution in [0.25, 0.3) is 11.4 Å². The molecule has 0 saturated heterocycles. The smallest absolute Gasteiger partial charge is 0.272 e. The molecule has 1 amide bonds. The van der Waals surface area contributed by atoms with E-state index in [1.165, 1.54) is 0 Å². The zero-order chi connectivity index (χ0) is 14.5. The summed E-state index contributed by atoms with van der Waals surface area (Å²) in [5, 5.41) is 15.1. The van der Waals surface area contributed by atoms with Gasteiger partial charge in [-0.25, -0.2) is 4.98 Å². The number of amides is 1. The standard InChI is InChI=1S/C13H12N6OS/c20-13(10-8-21-19-16-10)14-7-6-11-15-12(18-17-11)9-4-2-1-3-5-9/h1-5,8H,6-7H2,(H,14,20)(H,15,17,18). The van der Waals surface area contributed by atoms with E-state index in [9.17, 15) is 4.79 Å². The molecular weight excluding hydrogens is 288 g/mol. The van der Waals surface area contributed by atoms with Crippen LogP contribution in [0, 0.1) is 0 Å². The van der Waals surface area contributed by atoms with Crippen LogP contribution < -0.4 is 5.32 Å². The third-order valence-electron chi connectivity index (χ3n) is 2.80. The fourth-order valence-corrected chi connectivity index (χ4v) is 2.21. The number of aromatic amines is 1. The summed E-state index contributed by atoms with van der Waals surface area (Å²) < 4.78 is 3.65. The highest BCUT2D eigenvalue weighted by Crippen LogP contribution is 2.13. The number of aromatic nitrogens is 5. The highest BCUT2D eigenvalue weighted by Gasteiger charge is 2.09. The summed E-state index contributed by atoms with van der Waals surface area (Å²) in [7, 11) is 0. The second kappa shape index (κ2) is 6.23. The molecule has 1 aromatic carbocycles. The van der Waals surface area contributed by atoms with E-state index >= 15 is 0 Å². The lowest BCUT2D eigenvalue weighted by atomic mass is 10.2. The zero-order valence-electron chi connectivity index (χ0n) is 11.0. The molecule has 7 nitrogen and oxygen atoms in total. The fraction of sp³-hybridized carbons (Fsp3) is 0.154. The molecule has 0 aliphatic carbocycles. The molecule has 0 saturated carbocycles. The molecule has 0 unspecified atom stereocenters. The average molecular weight is 300 g/mol. The monoisotopic (exact) mass is 300 g/mol. The Hall–Kier alpha value is -2.61. The van der Waals surface area contributed by atoms with Gasteiger partial charge in [0.15, 0.2) is 11.5 Å². The van der Waals surface area contributed by atoms with Crippen molar-refractivity contribution < 1.29 is 4.79 Å². The number of carbonyl (C=O) groups excluding carboxylic acids is 1. The van der Waals surface area contributed by atoms with E-state index in [0.29, 0.717) is 24.5 Å². The molecular formula is C13H12N6OS. The second-order valence-corrected chi connectivity index (χ2v) is 4.88. The SMILES string of the molecule is O=C(NCCc1nc(-c2ccccc2)n[nH]1)c1csnn1. The van der Waals surface area contributed by atoms with Crippen LogP contribution in [0.2, 0.25) is 0 Å². The van der Waals surface area contributed by atoms with Crippen molar-refractivity contribution in [1.29, 1.82) is 0 Å². The number of hydrogen-bond acceptors (Lipinski definition) is 6. The Bertz CT molecular complexity index is 709. The van der Waals surface area contributed by atoms with Gasteiger partial charge in [-0.05, 0) is 11.5 Å². The Kier molecular flexibility index (Phi) is 3.97. The molecule has 2 aromatic heterocycles. The molecule has 0 spiro atoms.